The number of aryl methyl sites for hydroxylation is 3. The van der Waals surface area contributed by atoms with E-state index < -0.39 is 28.2 Å². The minimum absolute atomic E-state index is 0.00806. The summed E-state index contributed by atoms with van der Waals surface area (Å²) in [6.45, 7) is 6.64. The summed E-state index contributed by atoms with van der Waals surface area (Å²) in [6, 6.07) is 4.25. The van der Waals surface area contributed by atoms with Gasteiger partial charge in [-0.1, -0.05) is 30.7 Å². The first-order valence-electron chi connectivity index (χ1n) is 13.5. The van der Waals surface area contributed by atoms with E-state index in [2.05, 4.69) is 24.4 Å². The third-order valence-corrected chi connectivity index (χ3v) is 10.2. The van der Waals surface area contributed by atoms with E-state index in [1.807, 2.05) is 13.8 Å². The van der Waals surface area contributed by atoms with E-state index in [0.29, 0.717) is 50.8 Å². The molecule has 1 spiro atoms. The van der Waals surface area contributed by atoms with Gasteiger partial charge in [-0.25, -0.2) is 12.7 Å². The molecule has 2 heterocycles. The molecule has 0 bridgehead atoms. The highest BCUT2D eigenvalue weighted by Gasteiger charge is 2.48. The molecule has 210 valence electrons. The second-order valence-electron chi connectivity index (χ2n) is 11.0. The number of nitrogens with one attached hydrogen (secondary N) is 1. The van der Waals surface area contributed by atoms with Crippen LogP contribution in [0.2, 0.25) is 0 Å². The first-order valence-corrected chi connectivity index (χ1v) is 15.2. The Morgan fingerprint density at radius 3 is 2.29 bits per heavy atom. The van der Waals surface area contributed by atoms with Gasteiger partial charge in [0.15, 0.2) is 0 Å². The van der Waals surface area contributed by atoms with E-state index >= 15 is 0 Å². The summed E-state index contributed by atoms with van der Waals surface area (Å²) in [4.78, 5) is 17.7. The Kier molecular flexibility index (Phi) is 8.43. The van der Waals surface area contributed by atoms with Crippen LogP contribution < -0.4 is 5.32 Å². The Morgan fingerprint density at radius 2 is 1.74 bits per heavy atom. The first-order chi connectivity index (χ1) is 17.8. The molecule has 1 amide bonds. The monoisotopic (exact) mass is 553 g/mol. The van der Waals surface area contributed by atoms with Gasteiger partial charge in [-0.05, 0) is 87.5 Å². The number of allylic oxidation sites excluding steroid dienone is 2. The molecule has 1 aromatic carbocycles. The summed E-state index contributed by atoms with van der Waals surface area (Å²) >= 11 is 0. The zero-order valence-electron chi connectivity index (χ0n) is 22.5. The van der Waals surface area contributed by atoms with E-state index in [1.54, 1.807) is 0 Å². The smallest absolute Gasteiger partial charge is 0.312 e. The van der Waals surface area contributed by atoms with Crippen LogP contribution >= 0.6 is 0 Å². The van der Waals surface area contributed by atoms with Crippen LogP contribution in [0.25, 0.3) is 0 Å². The topological polar surface area (TPSA) is 78.8 Å². The average molecular weight is 554 g/mol. The fourth-order valence-electron chi connectivity index (χ4n) is 5.98. The van der Waals surface area contributed by atoms with Gasteiger partial charge in [0.1, 0.15) is 11.4 Å². The molecule has 1 saturated carbocycles. The normalized spacial score (nSPS) is 22.5. The van der Waals surface area contributed by atoms with Crippen molar-refractivity contribution in [3.63, 3.8) is 0 Å². The number of hydrogen-bond acceptors (Lipinski definition) is 4. The van der Waals surface area contributed by atoms with Crippen molar-refractivity contribution in [2.24, 2.45) is 10.9 Å². The average Bonchev–Trinajstić information content (AvgIpc) is 3.17. The van der Waals surface area contributed by atoms with Crippen LogP contribution in [0, 0.1) is 19.8 Å². The fraction of sp³-hybridized carbons (Fsp3) is 0.643. The number of piperidine rings is 1. The maximum atomic E-state index is 13.2. The van der Waals surface area contributed by atoms with Gasteiger partial charge in [-0.15, -0.1) is 0 Å². The Hall–Kier alpha value is -2.20. The molecule has 0 radical (unpaired) electrons. The molecular formula is C28H38F3N3O3S. The Morgan fingerprint density at radius 1 is 1.13 bits per heavy atom. The van der Waals surface area contributed by atoms with Crippen LogP contribution in [-0.2, 0) is 27.7 Å². The highest BCUT2D eigenvalue weighted by Crippen LogP contribution is 2.36. The first kappa shape index (κ1) is 28.8. The number of halogens is 3. The fourth-order valence-corrected chi connectivity index (χ4v) is 7.44. The molecule has 38 heavy (non-hydrogen) atoms. The lowest BCUT2D eigenvalue weighted by Crippen LogP contribution is -2.51. The van der Waals surface area contributed by atoms with Crippen molar-refractivity contribution in [1.29, 1.82) is 0 Å². The largest absolute Gasteiger partial charge is 0.392 e. The van der Waals surface area contributed by atoms with Gasteiger partial charge in [0.05, 0.1) is 12.2 Å². The molecule has 0 unspecified atom stereocenters. The van der Waals surface area contributed by atoms with Crippen molar-refractivity contribution >= 4 is 21.8 Å². The summed E-state index contributed by atoms with van der Waals surface area (Å²) in [7, 11) is -3.48. The minimum Gasteiger partial charge on any atom is -0.312 e. The van der Waals surface area contributed by atoms with Gasteiger partial charge >= 0.3 is 6.18 Å². The zero-order chi connectivity index (χ0) is 27.7. The van der Waals surface area contributed by atoms with Crippen molar-refractivity contribution in [2.45, 2.75) is 90.3 Å². The number of aliphatic imine (C=N–C) groups is 1. The Labute approximate surface area is 223 Å². The van der Waals surface area contributed by atoms with Crippen LogP contribution in [0.1, 0.15) is 74.1 Å². The summed E-state index contributed by atoms with van der Waals surface area (Å²) in [6.07, 6.45) is 0.661. The molecule has 3 aliphatic rings. The summed E-state index contributed by atoms with van der Waals surface area (Å²) in [5.74, 6) is 0.460. The molecule has 2 aliphatic heterocycles. The summed E-state index contributed by atoms with van der Waals surface area (Å²) in [5, 5.41) is 2.92. The number of benzene rings is 1. The molecule has 6 nitrogen and oxygen atoms in total. The van der Waals surface area contributed by atoms with Crippen molar-refractivity contribution in [1.82, 2.24) is 9.62 Å². The van der Waals surface area contributed by atoms with E-state index in [4.69, 9.17) is 4.99 Å². The molecule has 2 fully saturated rings. The highest BCUT2D eigenvalue weighted by atomic mass is 32.2. The molecule has 4 rings (SSSR count). The highest BCUT2D eigenvalue weighted by molar-refractivity contribution is 7.89. The van der Waals surface area contributed by atoms with Crippen molar-refractivity contribution in [3.05, 3.63) is 46.0 Å². The molecule has 1 aromatic rings. The predicted octanol–water partition coefficient (Wildman–Crippen LogP) is 5.17. The molecule has 1 aliphatic carbocycles. The van der Waals surface area contributed by atoms with E-state index in [-0.39, 0.29) is 30.7 Å². The number of carbonyl (C=O) groups is 1. The van der Waals surface area contributed by atoms with Gasteiger partial charge < -0.3 is 5.32 Å². The molecule has 10 heteroatoms. The van der Waals surface area contributed by atoms with E-state index in [1.165, 1.54) is 15.9 Å². The lowest BCUT2D eigenvalue weighted by molar-refractivity contribution is -0.125. The van der Waals surface area contributed by atoms with Crippen LogP contribution in [0.4, 0.5) is 13.2 Å². The van der Waals surface area contributed by atoms with Crippen LogP contribution in [0.3, 0.4) is 0 Å². The molecule has 1 N–H and O–H groups in total. The third kappa shape index (κ3) is 6.50. The second kappa shape index (κ2) is 11.1. The van der Waals surface area contributed by atoms with Gasteiger partial charge in [0.2, 0.25) is 10.0 Å². The maximum Gasteiger partial charge on any atom is 0.392 e. The third-order valence-electron chi connectivity index (χ3n) is 8.35. The number of nitrogens with zero attached hydrogens (tertiary/aromatic N) is 2. The molecule has 0 atom stereocenters. The number of rotatable bonds is 7. The maximum absolute atomic E-state index is 13.2. The van der Waals surface area contributed by atoms with Gasteiger partial charge in [0, 0.05) is 19.0 Å². The van der Waals surface area contributed by atoms with Crippen molar-refractivity contribution < 1.29 is 26.4 Å². The Bertz CT molecular complexity index is 1200. The number of hydrogen-bond donors (Lipinski definition) is 1. The van der Waals surface area contributed by atoms with E-state index in [0.717, 1.165) is 28.7 Å². The Balaban J connectivity index is 1.34. The van der Waals surface area contributed by atoms with Crippen molar-refractivity contribution in [3.8, 4) is 0 Å². The number of carbonyl (C=O) groups excluding carboxylic acids is 1. The van der Waals surface area contributed by atoms with Crippen LogP contribution in [0.5, 0.6) is 0 Å². The SMILES string of the molecule is CCc1cc(C)c(CCS(=O)(=O)N2CCC3(CC2)N=C(C2CCC(=CCC(F)(F)F)CC2)NC3=O)c(C)c1. The standard InChI is InChI=1S/C28H38F3N3O3S/c1-4-21-17-19(2)24(20(3)18-21)10-16-38(36,37)34-14-12-27(13-15-34)26(35)32-25(33-27)23-7-5-22(6-8-23)9-11-28(29,30)31/h9,17-18,23H,4-8,10-16H2,1-3H3,(H,32,33,35). The summed E-state index contributed by atoms with van der Waals surface area (Å²) < 4.78 is 65.3. The number of sulfonamides is 1. The van der Waals surface area contributed by atoms with Crippen LogP contribution in [-0.4, -0.2) is 55.0 Å². The van der Waals surface area contributed by atoms with Crippen molar-refractivity contribution in [2.75, 3.05) is 18.8 Å². The minimum atomic E-state index is -4.19. The predicted molar refractivity (Wildman–Crippen MR) is 143 cm³/mol. The molecule has 0 aromatic heterocycles. The van der Waals surface area contributed by atoms with Gasteiger partial charge in [-0.2, -0.15) is 13.2 Å². The molecule has 1 saturated heterocycles. The molecular weight excluding hydrogens is 515 g/mol. The van der Waals surface area contributed by atoms with E-state index in [9.17, 15) is 26.4 Å². The summed E-state index contributed by atoms with van der Waals surface area (Å²) in [5.41, 5.74) is 4.41. The zero-order valence-corrected chi connectivity index (χ0v) is 23.3. The second-order valence-corrected chi connectivity index (χ2v) is 13.1. The van der Waals surface area contributed by atoms with Gasteiger partial charge in [0.25, 0.3) is 5.91 Å². The lowest BCUT2D eigenvalue weighted by atomic mass is 9.84. The number of amidine groups is 1. The number of amides is 1. The lowest BCUT2D eigenvalue weighted by Gasteiger charge is -2.34. The van der Waals surface area contributed by atoms with Crippen LogP contribution in [0.15, 0.2) is 28.8 Å². The number of alkyl halides is 3. The van der Waals surface area contributed by atoms with Gasteiger partial charge in [-0.3, -0.25) is 9.79 Å². The quantitative estimate of drug-likeness (QED) is 0.473.